The SMILES string of the molecule is Cc1nn(C)c(C)c1S(=O)(=O)Nc1ccc(C(=N)N)cc1. The summed E-state index contributed by atoms with van der Waals surface area (Å²) in [6.45, 7) is 3.35. The lowest BCUT2D eigenvalue weighted by atomic mass is 10.2. The van der Waals surface area contributed by atoms with Gasteiger partial charge >= 0.3 is 0 Å². The molecule has 0 unspecified atom stereocenters. The summed E-state index contributed by atoms with van der Waals surface area (Å²) in [4.78, 5) is 0.181. The molecular formula is C13H17N5O2S. The van der Waals surface area contributed by atoms with Crippen LogP contribution in [0.25, 0.3) is 0 Å². The summed E-state index contributed by atoms with van der Waals surface area (Å²) in [5, 5.41) is 11.4. The van der Waals surface area contributed by atoms with Gasteiger partial charge in [0.2, 0.25) is 0 Å². The Hall–Kier alpha value is -2.35. The molecule has 8 heteroatoms. The van der Waals surface area contributed by atoms with Gasteiger partial charge in [0.1, 0.15) is 10.7 Å². The van der Waals surface area contributed by atoms with E-state index in [0.717, 1.165) is 0 Å². The van der Waals surface area contributed by atoms with Crippen molar-refractivity contribution in [2.75, 3.05) is 4.72 Å². The van der Waals surface area contributed by atoms with Crippen LogP contribution in [0.1, 0.15) is 17.0 Å². The van der Waals surface area contributed by atoms with Crippen LogP contribution in [0.4, 0.5) is 5.69 Å². The molecule has 1 heterocycles. The molecular weight excluding hydrogens is 290 g/mol. The van der Waals surface area contributed by atoms with Crippen LogP contribution in [0, 0.1) is 19.3 Å². The molecule has 1 aromatic carbocycles. The van der Waals surface area contributed by atoms with Gasteiger partial charge in [0.05, 0.1) is 11.4 Å². The van der Waals surface area contributed by atoms with Crippen molar-refractivity contribution < 1.29 is 8.42 Å². The van der Waals surface area contributed by atoms with Gasteiger partial charge in [-0.2, -0.15) is 5.10 Å². The molecule has 0 radical (unpaired) electrons. The maximum absolute atomic E-state index is 12.4. The summed E-state index contributed by atoms with van der Waals surface area (Å²) >= 11 is 0. The van der Waals surface area contributed by atoms with Gasteiger partial charge < -0.3 is 5.73 Å². The van der Waals surface area contributed by atoms with Crippen molar-refractivity contribution in [1.29, 1.82) is 5.41 Å². The van der Waals surface area contributed by atoms with Gasteiger partial charge in [0, 0.05) is 18.3 Å². The van der Waals surface area contributed by atoms with E-state index < -0.39 is 10.0 Å². The molecule has 0 aliphatic rings. The van der Waals surface area contributed by atoms with Crippen molar-refractivity contribution in [2.45, 2.75) is 18.7 Å². The Morgan fingerprint density at radius 2 is 1.86 bits per heavy atom. The van der Waals surface area contributed by atoms with E-state index in [1.165, 1.54) is 4.68 Å². The predicted octanol–water partition coefficient (Wildman–Crippen LogP) is 1.12. The first kappa shape index (κ1) is 15.0. The van der Waals surface area contributed by atoms with Crippen LogP contribution in [0.2, 0.25) is 0 Å². The number of sulfonamides is 1. The molecule has 1 aromatic heterocycles. The monoisotopic (exact) mass is 307 g/mol. The van der Waals surface area contributed by atoms with Crippen molar-refractivity contribution >= 4 is 21.5 Å². The number of nitrogen functional groups attached to an aromatic ring is 1. The minimum atomic E-state index is -3.71. The van der Waals surface area contributed by atoms with E-state index >= 15 is 0 Å². The molecule has 7 nitrogen and oxygen atoms in total. The number of rotatable bonds is 4. The lowest BCUT2D eigenvalue weighted by Crippen LogP contribution is -2.15. The molecule has 21 heavy (non-hydrogen) atoms. The van der Waals surface area contributed by atoms with Gasteiger partial charge in [-0.3, -0.25) is 14.8 Å². The van der Waals surface area contributed by atoms with E-state index in [1.807, 2.05) is 0 Å². The first-order chi connectivity index (χ1) is 9.72. The Balaban J connectivity index is 2.35. The van der Waals surface area contributed by atoms with Gasteiger partial charge in [-0.05, 0) is 38.1 Å². The molecule has 0 aliphatic carbocycles. The number of benzene rings is 1. The van der Waals surface area contributed by atoms with Crippen LogP contribution in [-0.4, -0.2) is 24.0 Å². The topological polar surface area (TPSA) is 114 Å². The van der Waals surface area contributed by atoms with E-state index in [1.54, 1.807) is 45.2 Å². The highest BCUT2D eigenvalue weighted by atomic mass is 32.2. The zero-order valence-corrected chi connectivity index (χ0v) is 12.8. The van der Waals surface area contributed by atoms with Crippen LogP contribution in [0.5, 0.6) is 0 Å². The summed E-state index contributed by atoms with van der Waals surface area (Å²) in [5.74, 6) is -0.0663. The third-order valence-corrected chi connectivity index (χ3v) is 4.79. The average molecular weight is 307 g/mol. The number of anilines is 1. The van der Waals surface area contributed by atoms with Crippen LogP contribution in [0.3, 0.4) is 0 Å². The predicted molar refractivity (Wildman–Crippen MR) is 80.9 cm³/mol. The number of nitrogens with two attached hydrogens (primary N) is 1. The minimum Gasteiger partial charge on any atom is -0.384 e. The van der Waals surface area contributed by atoms with Crippen LogP contribution < -0.4 is 10.5 Å². The molecule has 4 N–H and O–H groups in total. The number of aromatic nitrogens is 2. The second kappa shape index (κ2) is 5.21. The maximum Gasteiger partial charge on any atom is 0.265 e. The third kappa shape index (κ3) is 2.89. The van der Waals surface area contributed by atoms with Gasteiger partial charge in [-0.15, -0.1) is 0 Å². The van der Waals surface area contributed by atoms with E-state index in [4.69, 9.17) is 11.1 Å². The van der Waals surface area contributed by atoms with E-state index in [-0.39, 0.29) is 10.7 Å². The van der Waals surface area contributed by atoms with Crippen LogP contribution in [-0.2, 0) is 17.1 Å². The molecule has 0 spiro atoms. The zero-order valence-electron chi connectivity index (χ0n) is 12.0. The zero-order chi connectivity index (χ0) is 15.8. The standard InChI is InChI=1S/C13H17N5O2S/c1-8-12(9(2)18(3)16-8)21(19,20)17-11-6-4-10(5-7-11)13(14)15/h4-7,17H,1-3H3,(H3,14,15). The van der Waals surface area contributed by atoms with Crippen LogP contribution >= 0.6 is 0 Å². The van der Waals surface area contributed by atoms with Crippen molar-refractivity contribution in [1.82, 2.24) is 9.78 Å². The second-order valence-corrected chi connectivity index (χ2v) is 6.34. The summed E-state index contributed by atoms with van der Waals surface area (Å²) in [7, 11) is -2.01. The molecule has 0 saturated heterocycles. The third-order valence-electron chi connectivity index (χ3n) is 3.16. The Morgan fingerprint density at radius 1 is 1.29 bits per heavy atom. The fourth-order valence-corrected chi connectivity index (χ4v) is 3.57. The van der Waals surface area contributed by atoms with Gasteiger partial charge in [-0.25, -0.2) is 8.42 Å². The number of nitrogens with one attached hydrogen (secondary N) is 2. The Kier molecular flexibility index (Phi) is 3.73. The summed E-state index contributed by atoms with van der Waals surface area (Å²) < 4.78 is 28.9. The molecule has 0 atom stereocenters. The first-order valence-electron chi connectivity index (χ1n) is 6.20. The van der Waals surface area contributed by atoms with Crippen molar-refractivity contribution in [2.24, 2.45) is 12.8 Å². The number of aryl methyl sites for hydroxylation is 2. The molecule has 2 aromatic rings. The van der Waals surface area contributed by atoms with Gasteiger partial charge in [0.15, 0.2) is 0 Å². The Bertz CT molecular complexity index is 791. The quantitative estimate of drug-likeness (QED) is 0.580. The van der Waals surface area contributed by atoms with E-state index in [0.29, 0.717) is 22.6 Å². The van der Waals surface area contributed by atoms with E-state index in [2.05, 4.69) is 9.82 Å². The molecule has 0 amide bonds. The highest BCUT2D eigenvalue weighted by molar-refractivity contribution is 7.92. The van der Waals surface area contributed by atoms with Gasteiger partial charge in [0.25, 0.3) is 10.0 Å². The normalized spacial score (nSPS) is 11.4. The lowest BCUT2D eigenvalue weighted by Gasteiger charge is -2.09. The summed E-state index contributed by atoms with van der Waals surface area (Å²) in [6.07, 6.45) is 0. The minimum absolute atomic E-state index is 0.0663. The first-order valence-corrected chi connectivity index (χ1v) is 7.68. The Morgan fingerprint density at radius 3 is 2.29 bits per heavy atom. The number of amidine groups is 1. The number of hydrogen-bond acceptors (Lipinski definition) is 4. The smallest absolute Gasteiger partial charge is 0.265 e. The average Bonchev–Trinajstić information content (AvgIpc) is 2.63. The second-order valence-electron chi connectivity index (χ2n) is 4.72. The van der Waals surface area contributed by atoms with Crippen molar-refractivity contribution in [3.8, 4) is 0 Å². The largest absolute Gasteiger partial charge is 0.384 e. The molecule has 112 valence electrons. The Labute approximate surface area is 123 Å². The van der Waals surface area contributed by atoms with Gasteiger partial charge in [-0.1, -0.05) is 0 Å². The summed E-state index contributed by atoms with van der Waals surface area (Å²) in [6, 6.07) is 6.30. The molecule has 2 rings (SSSR count). The molecule has 0 fully saturated rings. The van der Waals surface area contributed by atoms with Crippen molar-refractivity contribution in [3.05, 3.63) is 41.2 Å². The number of hydrogen-bond donors (Lipinski definition) is 3. The summed E-state index contributed by atoms with van der Waals surface area (Å²) in [5.41, 5.74) is 7.31. The maximum atomic E-state index is 12.4. The molecule has 0 bridgehead atoms. The highest BCUT2D eigenvalue weighted by Gasteiger charge is 2.23. The fourth-order valence-electron chi connectivity index (χ4n) is 2.07. The van der Waals surface area contributed by atoms with E-state index in [9.17, 15) is 8.42 Å². The molecule has 0 aliphatic heterocycles. The number of nitrogens with zero attached hydrogens (tertiary/aromatic N) is 2. The highest BCUT2D eigenvalue weighted by Crippen LogP contribution is 2.22. The molecule has 0 saturated carbocycles. The lowest BCUT2D eigenvalue weighted by molar-refractivity contribution is 0.599. The fraction of sp³-hybridized carbons (Fsp3) is 0.231. The van der Waals surface area contributed by atoms with Crippen molar-refractivity contribution in [3.63, 3.8) is 0 Å². The van der Waals surface area contributed by atoms with Crippen LogP contribution in [0.15, 0.2) is 29.2 Å².